The standard InChI is InChI=1S/C13H18N4O/c1-5-17-7-6-14-12(17)8-11(18)13-9(2)15-16(4)10(13)3/h6-7H,5,8H2,1-4H3. The van der Waals surface area contributed by atoms with Gasteiger partial charge in [0.25, 0.3) is 0 Å². The number of carbonyl (C=O) groups excluding carboxylic acids is 1. The Balaban J connectivity index is 2.28. The lowest BCUT2D eigenvalue weighted by Crippen LogP contribution is -2.11. The van der Waals surface area contributed by atoms with Crippen molar-refractivity contribution in [2.45, 2.75) is 33.7 Å². The Morgan fingerprint density at radius 2 is 2.11 bits per heavy atom. The van der Waals surface area contributed by atoms with Crippen molar-refractivity contribution in [1.82, 2.24) is 19.3 Å². The van der Waals surface area contributed by atoms with Gasteiger partial charge in [0.1, 0.15) is 5.82 Å². The zero-order chi connectivity index (χ0) is 13.3. The van der Waals surface area contributed by atoms with Crippen LogP contribution < -0.4 is 0 Å². The van der Waals surface area contributed by atoms with E-state index in [4.69, 9.17) is 0 Å². The fraction of sp³-hybridized carbons (Fsp3) is 0.462. The number of aryl methyl sites for hydroxylation is 3. The summed E-state index contributed by atoms with van der Waals surface area (Å²) in [6, 6.07) is 0. The van der Waals surface area contributed by atoms with E-state index in [-0.39, 0.29) is 5.78 Å². The molecule has 2 rings (SSSR count). The molecule has 5 nitrogen and oxygen atoms in total. The SMILES string of the molecule is CCn1ccnc1CC(=O)c1c(C)nn(C)c1C. The lowest BCUT2D eigenvalue weighted by Gasteiger charge is -2.04. The number of aromatic nitrogens is 4. The second kappa shape index (κ2) is 4.76. The van der Waals surface area contributed by atoms with Crippen LogP contribution in [0, 0.1) is 13.8 Å². The molecule has 96 valence electrons. The minimum atomic E-state index is 0.0824. The first-order valence-corrected chi connectivity index (χ1v) is 6.08. The van der Waals surface area contributed by atoms with E-state index in [1.807, 2.05) is 38.6 Å². The van der Waals surface area contributed by atoms with Crippen LogP contribution in [0.25, 0.3) is 0 Å². The van der Waals surface area contributed by atoms with Crippen LogP contribution >= 0.6 is 0 Å². The quantitative estimate of drug-likeness (QED) is 0.771. The van der Waals surface area contributed by atoms with Gasteiger partial charge in [0, 0.05) is 31.7 Å². The molecule has 18 heavy (non-hydrogen) atoms. The lowest BCUT2D eigenvalue weighted by atomic mass is 10.1. The number of imidazole rings is 1. The molecule has 0 aliphatic rings. The maximum atomic E-state index is 12.3. The summed E-state index contributed by atoms with van der Waals surface area (Å²) < 4.78 is 3.73. The van der Waals surface area contributed by atoms with Gasteiger partial charge in [-0.25, -0.2) is 4.98 Å². The normalized spacial score (nSPS) is 10.9. The number of rotatable bonds is 4. The number of ketones is 1. The average molecular weight is 246 g/mol. The van der Waals surface area contributed by atoms with Gasteiger partial charge in [-0.1, -0.05) is 0 Å². The molecular weight excluding hydrogens is 228 g/mol. The van der Waals surface area contributed by atoms with Crippen LogP contribution in [0.2, 0.25) is 0 Å². The third kappa shape index (κ3) is 2.08. The molecule has 0 saturated carbocycles. The fourth-order valence-electron chi connectivity index (χ4n) is 2.20. The van der Waals surface area contributed by atoms with Crippen LogP contribution in [0.3, 0.4) is 0 Å². The fourth-order valence-corrected chi connectivity index (χ4v) is 2.20. The summed E-state index contributed by atoms with van der Waals surface area (Å²) in [6.45, 7) is 6.65. The summed E-state index contributed by atoms with van der Waals surface area (Å²) in [5.74, 6) is 0.893. The van der Waals surface area contributed by atoms with Gasteiger partial charge in [0.2, 0.25) is 0 Å². The van der Waals surface area contributed by atoms with Crippen molar-refractivity contribution in [3.63, 3.8) is 0 Å². The van der Waals surface area contributed by atoms with Crippen molar-refractivity contribution in [2.24, 2.45) is 7.05 Å². The highest BCUT2D eigenvalue weighted by Crippen LogP contribution is 2.15. The van der Waals surface area contributed by atoms with Crippen molar-refractivity contribution >= 4 is 5.78 Å². The molecule has 2 aromatic heterocycles. The van der Waals surface area contributed by atoms with E-state index in [0.29, 0.717) is 6.42 Å². The minimum Gasteiger partial charge on any atom is -0.335 e. The van der Waals surface area contributed by atoms with Crippen molar-refractivity contribution in [1.29, 1.82) is 0 Å². The van der Waals surface area contributed by atoms with Crippen LogP contribution in [0.5, 0.6) is 0 Å². The summed E-state index contributed by atoms with van der Waals surface area (Å²) in [6.07, 6.45) is 3.95. The third-order valence-corrected chi connectivity index (χ3v) is 3.25. The summed E-state index contributed by atoms with van der Waals surface area (Å²) in [4.78, 5) is 16.6. The van der Waals surface area contributed by atoms with E-state index >= 15 is 0 Å². The molecule has 5 heteroatoms. The largest absolute Gasteiger partial charge is 0.335 e. The summed E-state index contributed by atoms with van der Waals surface area (Å²) in [5.41, 5.74) is 2.42. The zero-order valence-electron chi connectivity index (χ0n) is 11.3. The van der Waals surface area contributed by atoms with Gasteiger partial charge in [-0.2, -0.15) is 5.10 Å². The van der Waals surface area contributed by atoms with Crippen molar-refractivity contribution < 1.29 is 4.79 Å². The number of carbonyl (C=O) groups is 1. The molecule has 0 saturated heterocycles. The average Bonchev–Trinajstić information content (AvgIpc) is 2.85. The van der Waals surface area contributed by atoms with Crippen LogP contribution in [0.4, 0.5) is 0 Å². The van der Waals surface area contributed by atoms with E-state index < -0.39 is 0 Å². The topological polar surface area (TPSA) is 52.7 Å². The Labute approximate surface area is 106 Å². The molecule has 2 aromatic rings. The van der Waals surface area contributed by atoms with Gasteiger partial charge < -0.3 is 4.57 Å². The Morgan fingerprint density at radius 1 is 1.39 bits per heavy atom. The highest BCUT2D eigenvalue weighted by Gasteiger charge is 2.19. The Bertz CT molecular complexity index is 580. The predicted octanol–water partition coefficient (Wildman–Crippen LogP) is 1.68. The van der Waals surface area contributed by atoms with Crippen LogP contribution in [-0.2, 0) is 20.0 Å². The predicted molar refractivity (Wildman–Crippen MR) is 68.6 cm³/mol. The van der Waals surface area contributed by atoms with Crippen molar-refractivity contribution in [3.8, 4) is 0 Å². The van der Waals surface area contributed by atoms with Gasteiger partial charge in [-0.3, -0.25) is 9.48 Å². The summed E-state index contributed by atoms with van der Waals surface area (Å²) in [7, 11) is 1.85. The first kappa shape index (κ1) is 12.5. The second-order valence-electron chi connectivity index (χ2n) is 4.40. The number of Topliss-reactive ketones (excluding diaryl/α,β-unsaturated/α-hetero) is 1. The van der Waals surface area contributed by atoms with E-state index in [9.17, 15) is 4.79 Å². The van der Waals surface area contributed by atoms with Gasteiger partial charge in [-0.15, -0.1) is 0 Å². The lowest BCUT2D eigenvalue weighted by molar-refractivity contribution is 0.0988. The molecule has 0 N–H and O–H groups in total. The second-order valence-corrected chi connectivity index (χ2v) is 4.40. The van der Waals surface area contributed by atoms with Gasteiger partial charge in [0.15, 0.2) is 5.78 Å². The molecule has 0 atom stereocenters. The number of hydrogen-bond donors (Lipinski definition) is 0. The first-order chi connectivity index (χ1) is 8.54. The van der Waals surface area contributed by atoms with Crippen molar-refractivity contribution in [3.05, 3.63) is 35.2 Å². The van der Waals surface area contributed by atoms with Crippen LogP contribution in [0.15, 0.2) is 12.4 Å². The van der Waals surface area contributed by atoms with E-state index in [1.165, 1.54) is 0 Å². The zero-order valence-corrected chi connectivity index (χ0v) is 11.3. The summed E-state index contributed by atoms with van der Waals surface area (Å²) >= 11 is 0. The molecule has 0 spiro atoms. The molecule has 0 aliphatic carbocycles. The maximum Gasteiger partial charge on any atom is 0.174 e. The molecule has 0 bridgehead atoms. The van der Waals surface area contributed by atoms with E-state index in [1.54, 1.807) is 10.9 Å². The highest BCUT2D eigenvalue weighted by atomic mass is 16.1. The monoisotopic (exact) mass is 246 g/mol. The molecule has 0 unspecified atom stereocenters. The maximum absolute atomic E-state index is 12.3. The Hall–Kier alpha value is -1.91. The molecule has 2 heterocycles. The van der Waals surface area contributed by atoms with Gasteiger partial charge >= 0.3 is 0 Å². The third-order valence-electron chi connectivity index (χ3n) is 3.25. The molecule has 0 fully saturated rings. The minimum absolute atomic E-state index is 0.0824. The molecular formula is C13H18N4O. The van der Waals surface area contributed by atoms with Crippen LogP contribution in [0.1, 0.15) is 34.5 Å². The van der Waals surface area contributed by atoms with Gasteiger partial charge in [-0.05, 0) is 20.8 Å². The molecule has 0 radical (unpaired) electrons. The number of nitrogens with zero attached hydrogens (tertiary/aromatic N) is 4. The smallest absolute Gasteiger partial charge is 0.174 e. The Kier molecular flexibility index (Phi) is 3.32. The molecule has 0 amide bonds. The highest BCUT2D eigenvalue weighted by molar-refractivity contribution is 5.99. The first-order valence-electron chi connectivity index (χ1n) is 6.08. The van der Waals surface area contributed by atoms with E-state index in [2.05, 4.69) is 10.1 Å². The number of hydrogen-bond acceptors (Lipinski definition) is 3. The van der Waals surface area contributed by atoms with Gasteiger partial charge in [0.05, 0.1) is 17.7 Å². The molecule has 0 aromatic carbocycles. The Morgan fingerprint density at radius 3 is 2.67 bits per heavy atom. The summed E-state index contributed by atoms with van der Waals surface area (Å²) in [5, 5.41) is 4.27. The molecule has 0 aliphatic heterocycles. The van der Waals surface area contributed by atoms with Crippen LogP contribution in [-0.4, -0.2) is 25.1 Å². The van der Waals surface area contributed by atoms with E-state index in [0.717, 1.165) is 29.3 Å². The van der Waals surface area contributed by atoms with Crippen molar-refractivity contribution in [2.75, 3.05) is 0 Å².